The fourth-order valence-electron chi connectivity index (χ4n) is 4.15. The Hall–Kier alpha value is -2.86. The van der Waals surface area contributed by atoms with E-state index in [1.54, 1.807) is 0 Å². The van der Waals surface area contributed by atoms with Crippen LogP contribution in [0.2, 0.25) is 0 Å². The van der Waals surface area contributed by atoms with E-state index in [4.69, 9.17) is 14.0 Å². The van der Waals surface area contributed by atoms with Crippen LogP contribution in [0.5, 0.6) is 11.5 Å². The van der Waals surface area contributed by atoms with Crippen LogP contribution in [0.1, 0.15) is 36.8 Å². The van der Waals surface area contributed by atoms with Gasteiger partial charge in [-0.05, 0) is 18.2 Å². The van der Waals surface area contributed by atoms with E-state index >= 15 is 0 Å². The molecule has 0 bridgehead atoms. The molecule has 6 nitrogen and oxygen atoms in total. The summed E-state index contributed by atoms with van der Waals surface area (Å²) in [5.41, 5.74) is 2.27. The molecule has 0 aliphatic carbocycles. The fraction of sp³-hybridized carbons (Fsp3) is 0.364. The summed E-state index contributed by atoms with van der Waals surface area (Å²) in [6, 6.07) is 16.7. The van der Waals surface area contributed by atoms with Crippen molar-refractivity contribution in [2.75, 3.05) is 19.8 Å². The first-order valence-corrected chi connectivity index (χ1v) is 9.99. The molecular formula is C22H24N3O3+. The summed E-state index contributed by atoms with van der Waals surface area (Å²) in [5.74, 6) is 3.06. The highest BCUT2D eigenvalue weighted by Gasteiger charge is 2.32. The zero-order chi connectivity index (χ0) is 18.8. The third-order valence-corrected chi connectivity index (χ3v) is 5.54. The number of likely N-dealkylation sites (tertiary alicyclic amines) is 1. The normalized spacial score (nSPS) is 21.4. The standard InChI is InChI=1S/C22H23N3O3/c1-2-6-16(7-3-1)22-23-21(28-24-22)15-25-11-4-8-18(25)17-9-10-19-20(14-17)27-13-5-12-26-19/h1-3,6-7,9-10,14,18H,4-5,8,11-13,15H2/p+1/t18-/m1/s1. The number of quaternary nitrogens is 1. The van der Waals surface area contributed by atoms with Crippen LogP contribution in [0.3, 0.4) is 0 Å². The predicted octanol–water partition coefficient (Wildman–Crippen LogP) is 2.82. The number of hydrogen-bond donors (Lipinski definition) is 1. The first kappa shape index (κ1) is 17.3. The van der Waals surface area contributed by atoms with E-state index in [-0.39, 0.29) is 0 Å². The van der Waals surface area contributed by atoms with Crippen molar-refractivity contribution in [3.63, 3.8) is 0 Å². The SMILES string of the molecule is c1ccc(-c2noc(C[NH+]3CCC[C@@H]3c3ccc4c(c3)OCCCO4)n2)cc1. The Bertz CT molecular complexity index is 941. The summed E-state index contributed by atoms with van der Waals surface area (Å²) < 4.78 is 17.2. The Labute approximate surface area is 164 Å². The molecule has 2 aliphatic heterocycles. The molecule has 1 fully saturated rings. The van der Waals surface area contributed by atoms with Gasteiger partial charge in [0.15, 0.2) is 18.0 Å². The molecule has 144 valence electrons. The number of hydrogen-bond acceptors (Lipinski definition) is 5. The molecule has 2 atom stereocenters. The van der Waals surface area contributed by atoms with Gasteiger partial charge in [-0.1, -0.05) is 35.5 Å². The lowest BCUT2D eigenvalue weighted by atomic mass is 10.0. The second-order valence-electron chi connectivity index (χ2n) is 7.41. The summed E-state index contributed by atoms with van der Waals surface area (Å²) in [7, 11) is 0. The molecule has 0 spiro atoms. The average Bonchev–Trinajstić information content (AvgIpc) is 3.33. The molecule has 5 rings (SSSR count). The molecule has 1 saturated heterocycles. The minimum Gasteiger partial charge on any atom is -0.490 e. The zero-order valence-corrected chi connectivity index (χ0v) is 15.8. The van der Waals surface area contributed by atoms with Gasteiger partial charge in [-0.25, -0.2) is 0 Å². The smallest absolute Gasteiger partial charge is 0.282 e. The van der Waals surface area contributed by atoms with Crippen molar-refractivity contribution < 1.29 is 18.9 Å². The van der Waals surface area contributed by atoms with Gasteiger partial charge in [-0.3, -0.25) is 0 Å². The Morgan fingerprint density at radius 1 is 0.964 bits per heavy atom. The van der Waals surface area contributed by atoms with Crippen LogP contribution in [0.4, 0.5) is 0 Å². The second kappa shape index (κ2) is 7.64. The molecule has 28 heavy (non-hydrogen) atoms. The Morgan fingerprint density at radius 2 is 1.82 bits per heavy atom. The van der Waals surface area contributed by atoms with Crippen molar-refractivity contribution in [2.45, 2.75) is 31.8 Å². The van der Waals surface area contributed by atoms with Crippen molar-refractivity contribution in [1.82, 2.24) is 10.1 Å². The van der Waals surface area contributed by atoms with E-state index < -0.39 is 0 Å². The molecule has 0 radical (unpaired) electrons. The number of nitrogens with zero attached hydrogens (tertiary/aromatic N) is 2. The van der Waals surface area contributed by atoms with Crippen LogP contribution in [0, 0.1) is 0 Å². The van der Waals surface area contributed by atoms with Gasteiger partial charge in [-0.2, -0.15) is 4.98 Å². The van der Waals surface area contributed by atoms with Crippen LogP contribution >= 0.6 is 0 Å². The number of benzene rings is 2. The second-order valence-corrected chi connectivity index (χ2v) is 7.41. The van der Waals surface area contributed by atoms with E-state index in [0.29, 0.717) is 31.0 Å². The molecule has 3 heterocycles. The highest BCUT2D eigenvalue weighted by Crippen LogP contribution is 2.33. The van der Waals surface area contributed by atoms with E-state index in [0.717, 1.165) is 43.0 Å². The summed E-state index contributed by atoms with van der Waals surface area (Å²) >= 11 is 0. The largest absolute Gasteiger partial charge is 0.490 e. The minimum absolute atomic E-state index is 0.407. The quantitative estimate of drug-likeness (QED) is 0.756. The van der Waals surface area contributed by atoms with Crippen molar-refractivity contribution in [1.29, 1.82) is 0 Å². The number of nitrogens with one attached hydrogen (secondary N) is 1. The molecule has 1 N–H and O–H groups in total. The number of rotatable bonds is 4. The Kier molecular flexibility index (Phi) is 4.71. The summed E-state index contributed by atoms with van der Waals surface area (Å²) in [5, 5.41) is 4.16. The van der Waals surface area contributed by atoms with E-state index in [1.807, 2.05) is 36.4 Å². The van der Waals surface area contributed by atoms with Crippen LogP contribution in [0.25, 0.3) is 11.4 Å². The van der Waals surface area contributed by atoms with E-state index in [2.05, 4.69) is 22.3 Å². The lowest BCUT2D eigenvalue weighted by Crippen LogP contribution is -3.09. The van der Waals surface area contributed by atoms with Crippen molar-refractivity contribution in [3.8, 4) is 22.9 Å². The van der Waals surface area contributed by atoms with Gasteiger partial charge < -0.3 is 18.9 Å². The lowest BCUT2D eigenvalue weighted by Gasteiger charge is -2.21. The molecule has 1 unspecified atom stereocenters. The molecule has 3 aromatic rings. The summed E-state index contributed by atoms with van der Waals surface area (Å²) in [6.45, 7) is 3.26. The van der Waals surface area contributed by atoms with Gasteiger partial charge >= 0.3 is 0 Å². The maximum absolute atomic E-state index is 5.88. The van der Waals surface area contributed by atoms with E-state index in [1.165, 1.54) is 16.9 Å². The molecular weight excluding hydrogens is 354 g/mol. The monoisotopic (exact) mass is 378 g/mol. The molecule has 1 aromatic heterocycles. The maximum atomic E-state index is 5.88. The lowest BCUT2D eigenvalue weighted by molar-refractivity contribution is -0.933. The third kappa shape index (κ3) is 3.47. The van der Waals surface area contributed by atoms with Crippen LogP contribution in [-0.2, 0) is 6.54 Å². The third-order valence-electron chi connectivity index (χ3n) is 5.54. The fourth-order valence-corrected chi connectivity index (χ4v) is 4.15. The van der Waals surface area contributed by atoms with Crippen molar-refractivity contribution in [3.05, 3.63) is 60.0 Å². The molecule has 2 aromatic carbocycles. The predicted molar refractivity (Wildman–Crippen MR) is 103 cm³/mol. The minimum atomic E-state index is 0.407. The highest BCUT2D eigenvalue weighted by atomic mass is 16.5. The highest BCUT2D eigenvalue weighted by molar-refractivity contribution is 5.53. The molecule has 2 aliphatic rings. The van der Waals surface area contributed by atoms with Gasteiger partial charge in [0.25, 0.3) is 5.89 Å². The molecule has 6 heteroatoms. The van der Waals surface area contributed by atoms with Gasteiger partial charge in [0.05, 0.1) is 19.8 Å². The van der Waals surface area contributed by atoms with Crippen molar-refractivity contribution in [2.24, 2.45) is 0 Å². The van der Waals surface area contributed by atoms with E-state index in [9.17, 15) is 0 Å². The number of ether oxygens (including phenoxy) is 2. The summed E-state index contributed by atoms with van der Waals surface area (Å²) in [6.07, 6.45) is 3.26. The van der Waals surface area contributed by atoms with Gasteiger partial charge in [0, 0.05) is 30.4 Å². The average molecular weight is 378 g/mol. The number of fused-ring (bicyclic) bond motifs is 1. The van der Waals surface area contributed by atoms with Gasteiger partial charge in [0.2, 0.25) is 5.82 Å². The molecule has 0 saturated carbocycles. The first-order chi connectivity index (χ1) is 13.9. The first-order valence-electron chi connectivity index (χ1n) is 9.99. The topological polar surface area (TPSA) is 61.8 Å². The van der Waals surface area contributed by atoms with Gasteiger partial charge in [0.1, 0.15) is 6.04 Å². The zero-order valence-electron chi connectivity index (χ0n) is 15.8. The maximum Gasteiger partial charge on any atom is 0.282 e. The van der Waals surface area contributed by atoms with Gasteiger partial charge in [-0.15, -0.1) is 0 Å². The molecule has 0 amide bonds. The van der Waals surface area contributed by atoms with Crippen molar-refractivity contribution >= 4 is 0 Å². The Balaban J connectivity index is 1.34. The summed E-state index contributed by atoms with van der Waals surface area (Å²) in [4.78, 5) is 6.07. The van der Waals surface area contributed by atoms with Crippen LogP contribution in [0.15, 0.2) is 53.1 Å². The Morgan fingerprint density at radius 3 is 2.71 bits per heavy atom. The van der Waals surface area contributed by atoms with Crippen LogP contribution in [-0.4, -0.2) is 29.9 Å². The number of aromatic nitrogens is 2. The van der Waals surface area contributed by atoms with Crippen LogP contribution < -0.4 is 14.4 Å².